The number of carbonyl (C=O) groups excluding carboxylic acids is 1. The number of nitriles is 1. The van der Waals surface area contributed by atoms with Gasteiger partial charge in [0.2, 0.25) is 0 Å². The van der Waals surface area contributed by atoms with E-state index >= 15 is 17.6 Å². The Labute approximate surface area is 308 Å². The summed E-state index contributed by atoms with van der Waals surface area (Å²) in [5.74, 6) is -2.61. The molecule has 2 fully saturated rings. The van der Waals surface area contributed by atoms with Crippen LogP contribution in [0, 0.1) is 29.9 Å². The predicted octanol–water partition coefficient (Wildman–Crippen LogP) is 6.44. The minimum atomic E-state index is -5.14. The first-order valence-electron chi connectivity index (χ1n) is 17.2. The van der Waals surface area contributed by atoms with Crippen LogP contribution in [0.2, 0.25) is 0 Å². The number of hydrogen-bond acceptors (Lipinski definition) is 10. The van der Waals surface area contributed by atoms with Gasteiger partial charge in [0.15, 0.2) is 11.5 Å². The summed E-state index contributed by atoms with van der Waals surface area (Å²) in [6.45, 7) is 3.05. The van der Waals surface area contributed by atoms with Gasteiger partial charge in [-0.3, -0.25) is 14.4 Å². The molecule has 1 amide bonds. The van der Waals surface area contributed by atoms with E-state index in [1.807, 2.05) is 11.0 Å². The van der Waals surface area contributed by atoms with Crippen LogP contribution >= 0.6 is 11.3 Å². The predicted molar refractivity (Wildman–Crippen MR) is 189 cm³/mol. The smallest absolute Gasteiger partial charge is 0.417 e. The number of rotatable bonds is 6. The number of halogens is 6. The first-order valence-corrected chi connectivity index (χ1v) is 18.0. The summed E-state index contributed by atoms with van der Waals surface area (Å²) in [6.07, 6.45) is -4.51. The number of alkyl halides is 4. The van der Waals surface area contributed by atoms with Crippen molar-refractivity contribution in [1.82, 2.24) is 29.5 Å². The van der Waals surface area contributed by atoms with Crippen molar-refractivity contribution in [2.75, 3.05) is 51.0 Å². The molecular formula is C36H33F6N9O2S. The lowest BCUT2D eigenvalue weighted by atomic mass is 9.92. The minimum Gasteiger partial charge on any atom is -0.461 e. The number of nitrogen functional groups attached to an aromatic ring is 1. The van der Waals surface area contributed by atoms with Crippen LogP contribution in [0.3, 0.4) is 0 Å². The maximum absolute atomic E-state index is 17.2. The largest absolute Gasteiger partial charge is 0.461 e. The lowest BCUT2D eigenvalue weighted by molar-refractivity contribution is -0.137. The number of anilines is 2. The number of carbonyl (C=O) groups is 1. The van der Waals surface area contributed by atoms with E-state index < -0.39 is 46.2 Å². The second kappa shape index (κ2) is 12.7. The molecule has 0 saturated carbocycles. The SMILES string of the molecule is Cc1c(C(=O)N(C)C)nn2c1CN(c1nc(OC[C@@]34CCCN3C[C@H](F)C4)nc3c(F)c(-c4ccc(F)c5sc(N)c(C#N)c45)c(C(F)(F)F)cc13)CC2. The molecule has 6 heterocycles. The van der Waals surface area contributed by atoms with Crippen molar-refractivity contribution in [3.63, 3.8) is 0 Å². The summed E-state index contributed by atoms with van der Waals surface area (Å²) < 4.78 is 99.8. The van der Waals surface area contributed by atoms with Crippen LogP contribution in [0.25, 0.3) is 32.1 Å². The Morgan fingerprint density at radius 2 is 1.98 bits per heavy atom. The van der Waals surface area contributed by atoms with E-state index in [1.54, 1.807) is 30.6 Å². The van der Waals surface area contributed by atoms with Gasteiger partial charge in [0.05, 0.1) is 40.1 Å². The summed E-state index contributed by atoms with van der Waals surface area (Å²) in [5.41, 5.74) is 3.23. The molecule has 54 heavy (non-hydrogen) atoms. The van der Waals surface area contributed by atoms with Gasteiger partial charge >= 0.3 is 12.2 Å². The maximum Gasteiger partial charge on any atom is 0.417 e. The number of hydrogen-bond donors (Lipinski definition) is 1. The van der Waals surface area contributed by atoms with Gasteiger partial charge in [0.25, 0.3) is 5.91 Å². The molecule has 3 aliphatic rings. The normalized spacial score (nSPS) is 20.1. The molecule has 282 valence electrons. The Morgan fingerprint density at radius 1 is 1.20 bits per heavy atom. The Hall–Kier alpha value is -5.15. The number of aromatic nitrogens is 4. The molecule has 0 spiro atoms. The fraction of sp³-hybridized carbons (Fsp3) is 0.417. The summed E-state index contributed by atoms with van der Waals surface area (Å²) >= 11 is 0.674. The van der Waals surface area contributed by atoms with Crippen molar-refractivity contribution in [2.45, 2.75) is 57.2 Å². The number of amides is 1. The van der Waals surface area contributed by atoms with Crippen LogP contribution in [0.4, 0.5) is 37.2 Å². The monoisotopic (exact) mass is 769 g/mol. The topological polar surface area (TPSA) is 129 Å². The Balaban J connectivity index is 1.33. The highest BCUT2D eigenvalue weighted by Crippen LogP contribution is 2.48. The molecule has 18 heteroatoms. The Kier molecular flexibility index (Phi) is 8.45. The van der Waals surface area contributed by atoms with E-state index in [0.717, 1.165) is 24.6 Å². The number of nitrogens with zero attached hydrogens (tertiary/aromatic N) is 8. The average Bonchev–Trinajstić information content (AvgIpc) is 3.86. The van der Waals surface area contributed by atoms with Gasteiger partial charge in [-0.25, -0.2) is 13.2 Å². The van der Waals surface area contributed by atoms with Gasteiger partial charge in [-0.1, -0.05) is 6.07 Å². The van der Waals surface area contributed by atoms with Crippen molar-refractivity contribution in [2.24, 2.45) is 0 Å². The zero-order valence-corrected chi connectivity index (χ0v) is 30.1. The number of fused-ring (bicyclic) bond motifs is 4. The van der Waals surface area contributed by atoms with Crippen LogP contribution in [0.1, 0.15) is 52.1 Å². The number of nitrogens with two attached hydrogens (primary N) is 1. The highest BCUT2D eigenvalue weighted by atomic mass is 32.1. The first-order chi connectivity index (χ1) is 25.6. The zero-order chi connectivity index (χ0) is 38.4. The molecule has 5 aromatic rings. The van der Waals surface area contributed by atoms with Crippen molar-refractivity contribution in [3.05, 3.63) is 57.9 Å². The zero-order valence-electron chi connectivity index (χ0n) is 29.3. The van der Waals surface area contributed by atoms with Gasteiger partial charge < -0.3 is 20.3 Å². The van der Waals surface area contributed by atoms with Crippen LogP contribution in [0.15, 0.2) is 18.2 Å². The third kappa shape index (κ3) is 5.58. The van der Waals surface area contributed by atoms with Crippen molar-refractivity contribution < 1.29 is 35.9 Å². The Morgan fingerprint density at radius 3 is 2.70 bits per heavy atom. The lowest BCUT2D eigenvalue weighted by Gasteiger charge is -2.32. The fourth-order valence-corrected chi connectivity index (χ4v) is 9.13. The van der Waals surface area contributed by atoms with Crippen LogP contribution in [-0.4, -0.2) is 87.5 Å². The van der Waals surface area contributed by atoms with Crippen molar-refractivity contribution >= 4 is 49.1 Å². The van der Waals surface area contributed by atoms with Gasteiger partial charge in [0, 0.05) is 55.5 Å². The molecule has 11 nitrogen and oxygen atoms in total. The lowest BCUT2D eigenvalue weighted by Crippen LogP contribution is -2.43. The molecule has 2 N–H and O–H groups in total. The van der Waals surface area contributed by atoms with Crippen LogP contribution in [0.5, 0.6) is 6.01 Å². The van der Waals surface area contributed by atoms with Gasteiger partial charge in [-0.15, -0.1) is 11.3 Å². The second-order valence-corrected chi connectivity index (χ2v) is 15.3. The molecule has 0 aliphatic carbocycles. The van der Waals surface area contributed by atoms with E-state index in [1.165, 1.54) is 4.90 Å². The van der Waals surface area contributed by atoms with E-state index in [0.29, 0.717) is 35.6 Å². The number of thiophene rings is 1. The van der Waals surface area contributed by atoms with Crippen molar-refractivity contribution in [3.8, 4) is 23.2 Å². The Bertz CT molecular complexity index is 2420. The molecule has 8 rings (SSSR count). The summed E-state index contributed by atoms with van der Waals surface area (Å²) in [4.78, 5) is 26.8. The molecule has 2 saturated heterocycles. The quantitative estimate of drug-likeness (QED) is 0.194. The molecule has 3 aromatic heterocycles. The molecule has 0 bridgehead atoms. The second-order valence-electron chi connectivity index (χ2n) is 14.2. The van der Waals surface area contributed by atoms with E-state index in [2.05, 4.69) is 15.1 Å². The van der Waals surface area contributed by atoms with Gasteiger partial charge in [0.1, 0.15) is 41.0 Å². The molecule has 2 aromatic carbocycles. The first kappa shape index (κ1) is 35.9. The molecule has 3 aliphatic heterocycles. The van der Waals surface area contributed by atoms with Gasteiger partial charge in [-0.2, -0.15) is 33.5 Å². The highest BCUT2D eigenvalue weighted by molar-refractivity contribution is 7.23. The molecule has 2 atom stereocenters. The molecule has 0 radical (unpaired) electrons. The summed E-state index contributed by atoms with van der Waals surface area (Å²) in [7, 11) is 3.19. The van der Waals surface area contributed by atoms with Crippen LogP contribution in [-0.2, 0) is 19.3 Å². The molecular weight excluding hydrogens is 737 g/mol. The maximum atomic E-state index is 17.2. The third-order valence-electron chi connectivity index (χ3n) is 10.8. The summed E-state index contributed by atoms with van der Waals surface area (Å²) in [5, 5.41) is 13.7. The van der Waals surface area contributed by atoms with E-state index in [-0.39, 0.29) is 94.2 Å². The minimum absolute atomic E-state index is 0.0341. The van der Waals surface area contributed by atoms with Crippen molar-refractivity contribution in [1.29, 1.82) is 5.26 Å². The third-order valence-corrected chi connectivity index (χ3v) is 11.8. The van der Waals surface area contributed by atoms with Crippen LogP contribution < -0.4 is 15.4 Å². The number of ether oxygens (including phenoxy) is 1. The molecule has 0 unspecified atom stereocenters. The average molecular weight is 770 g/mol. The number of benzene rings is 2. The highest BCUT2D eigenvalue weighted by Gasteiger charge is 2.49. The van der Waals surface area contributed by atoms with E-state index in [9.17, 15) is 18.8 Å². The standard InChI is InChI=1S/C36H33F6N9O2S/c1-17-24-15-49(9-10-51(24)47-28(17)33(52)48(2)3)32-20-11-22(36(40,41)42)26(19-5-6-23(38)30-25(19)21(13-43)31(44)54-30)27(39)29(20)45-34(46-32)53-16-35-7-4-8-50(35)14-18(37)12-35/h5-6,11,18H,4,7-10,12,14-16,44H2,1-3H3/t18-,35+/m1/s1. The van der Waals surface area contributed by atoms with Gasteiger partial charge in [-0.05, 0) is 44.0 Å². The fourth-order valence-electron chi connectivity index (χ4n) is 8.18. The summed E-state index contributed by atoms with van der Waals surface area (Å²) in [6, 6.07) is 4.15. The van der Waals surface area contributed by atoms with E-state index in [4.69, 9.17) is 10.5 Å².